The summed E-state index contributed by atoms with van der Waals surface area (Å²) >= 11 is 6.58. The lowest BCUT2D eigenvalue weighted by atomic mass is 10.1. The van der Waals surface area contributed by atoms with E-state index in [1.165, 1.54) is 0 Å². The minimum absolute atomic E-state index is 0.00544. The summed E-state index contributed by atoms with van der Waals surface area (Å²) in [4.78, 5) is 23.2. The van der Waals surface area contributed by atoms with Gasteiger partial charge in [0.05, 0.1) is 21.9 Å². The Kier molecular flexibility index (Phi) is 8.36. The first kappa shape index (κ1) is 25.4. The van der Waals surface area contributed by atoms with E-state index in [9.17, 15) is 4.79 Å². The summed E-state index contributed by atoms with van der Waals surface area (Å²) in [5.41, 5.74) is 5.09. The smallest absolute Gasteiger partial charge is 0.224 e. The Morgan fingerprint density at radius 1 is 1.03 bits per heavy atom. The number of fused-ring (bicyclic) bond motifs is 1. The Morgan fingerprint density at radius 2 is 1.89 bits per heavy atom. The summed E-state index contributed by atoms with van der Waals surface area (Å²) in [7, 11) is 4.00. The van der Waals surface area contributed by atoms with Crippen molar-refractivity contribution in [2.24, 2.45) is 0 Å². The first-order valence-corrected chi connectivity index (χ1v) is 12.2. The number of amides is 1. The number of pyridine rings is 2. The maximum absolute atomic E-state index is 12.4. The van der Waals surface area contributed by atoms with Gasteiger partial charge in [0.1, 0.15) is 12.4 Å². The Balaban J connectivity index is 1.46. The van der Waals surface area contributed by atoms with Gasteiger partial charge in [0.2, 0.25) is 5.91 Å². The predicted molar refractivity (Wildman–Crippen MR) is 146 cm³/mol. The van der Waals surface area contributed by atoms with Crippen LogP contribution in [0.1, 0.15) is 24.1 Å². The molecule has 4 rings (SSSR count). The van der Waals surface area contributed by atoms with Crippen molar-refractivity contribution in [2.75, 3.05) is 31.3 Å². The van der Waals surface area contributed by atoms with Gasteiger partial charge in [-0.05, 0) is 82.0 Å². The van der Waals surface area contributed by atoms with Crippen LogP contribution in [-0.2, 0) is 11.4 Å². The molecule has 2 heterocycles. The maximum Gasteiger partial charge on any atom is 0.224 e. The lowest BCUT2D eigenvalue weighted by Crippen LogP contribution is -2.17. The largest absolute Gasteiger partial charge is 0.487 e. The van der Waals surface area contributed by atoms with Crippen LogP contribution in [0, 0.1) is 6.92 Å². The number of hydrogen-bond donors (Lipinski definition) is 2. The van der Waals surface area contributed by atoms with Gasteiger partial charge >= 0.3 is 0 Å². The molecule has 2 N–H and O–H groups in total. The summed E-state index contributed by atoms with van der Waals surface area (Å²) in [6, 6.07) is 17.0. The number of ether oxygens (including phenoxy) is 1. The molecule has 186 valence electrons. The van der Waals surface area contributed by atoms with Gasteiger partial charge in [-0.15, -0.1) is 0 Å². The lowest BCUT2D eigenvalue weighted by Gasteiger charge is -2.14. The molecule has 2 aromatic carbocycles. The van der Waals surface area contributed by atoms with Crippen molar-refractivity contribution in [3.63, 3.8) is 0 Å². The Bertz CT molecular complexity index is 1360. The number of carbonyl (C=O) groups excluding carboxylic acids is 1. The van der Waals surface area contributed by atoms with Gasteiger partial charge in [-0.1, -0.05) is 17.7 Å². The minimum atomic E-state index is -0.00544. The summed E-state index contributed by atoms with van der Waals surface area (Å²) in [6.07, 6.45) is 4.77. The number of carbonyl (C=O) groups is 1. The van der Waals surface area contributed by atoms with Crippen LogP contribution in [0.2, 0.25) is 5.02 Å². The summed E-state index contributed by atoms with van der Waals surface area (Å²) < 4.78 is 5.90. The zero-order valence-corrected chi connectivity index (χ0v) is 21.5. The summed E-state index contributed by atoms with van der Waals surface area (Å²) in [5.74, 6) is 0.656. The summed E-state index contributed by atoms with van der Waals surface area (Å²) in [5, 5.41) is 7.79. The van der Waals surface area contributed by atoms with Crippen LogP contribution in [0.15, 0.2) is 67.0 Å². The van der Waals surface area contributed by atoms with Crippen molar-refractivity contribution < 1.29 is 9.53 Å². The number of benzene rings is 2. The van der Waals surface area contributed by atoms with Crippen molar-refractivity contribution in [1.29, 1.82) is 0 Å². The van der Waals surface area contributed by atoms with Crippen molar-refractivity contribution >= 4 is 45.5 Å². The average molecular weight is 504 g/mol. The van der Waals surface area contributed by atoms with Gasteiger partial charge in [0.25, 0.3) is 0 Å². The molecular weight excluding hydrogens is 474 g/mol. The van der Waals surface area contributed by atoms with Gasteiger partial charge in [0, 0.05) is 41.6 Å². The monoisotopic (exact) mass is 503 g/mol. The molecule has 1 amide bonds. The SMILES string of the molecule is Cc1cccnc1COc1ccc(Nc2ccnc3ccc(NC(=O)CCCN(C)C)cc23)c(Cl)c1. The van der Waals surface area contributed by atoms with Gasteiger partial charge in [-0.25, -0.2) is 0 Å². The van der Waals surface area contributed by atoms with Crippen LogP contribution in [0.4, 0.5) is 17.1 Å². The van der Waals surface area contributed by atoms with Crippen molar-refractivity contribution in [1.82, 2.24) is 14.9 Å². The highest BCUT2D eigenvalue weighted by Gasteiger charge is 2.10. The molecular formula is C28H30ClN5O2. The van der Waals surface area contributed by atoms with Crippen LogP contribution in [-0.4, -0.2) is 41.4 Å². The van der Waals surface area contributed by atoms with Crippen molar-refractivity contribution in [3.05, 3.63) is 83.3 Å². The molecule has 0 atom stereocenters. The van der Waals surface area contributed by atoms with E-state index in [4.69, 9.17) is 16.3 Å². The Labute approximate surface area is 216 Å². The molecule has 0 aliphatic rings. The number of aromatic nitrogens is 2. The second kappa shape index (κ2) is 11.8. The predicted octanol–water partition coefficient (Wildman–Crippen LogP) is 6.19. The van der Waals surface area contributed by atoms with Crippen LogP contribution >= 0.6 is 11.6 Å². The molecule has 0 unspecified atom stereocenters. The fourth-order valence-electron chi connectivity index (χ4n) is 3.77. The number of rotatable bonds is 10. The van der Waals surface area contributed by atoms with Crippen LogP contribution in [0.3, 0.4) is 0 Å². The third-order valence-corrected chi connectivity index (χ3v) is 6.05. The number of halogens is 1. The summed E-state index contributed by atoms with van der Waals surface area (Å²) in [6.45, 7) is 3.25. The van der Waals surface area contributed by atoms with E-state index in [0.29, 0.717) is 23.8 Å². The molecule has 0 saturated carbocycles. The van der Waals surface area contributed by atoms with E-state index in [2.05, 4.69) is 25.5 Å². The standard InChI is InChI=1S/C28H30ClN5O2/c1-19-6-4-13-30-27(19)18-36-21-9-11-26(23(29)17-21)33-25-12-14-31-24-10-8-20(16-22(24)25)32-28(35)7-5-15-34(2)3/h4,6,8-14,16-17H,5,7,15,18H2,1-3H3,(H,31,33)(H,32,35). The normalized spacial score (nSPS) is 11.0. The van der Waals surface area contributed by atoms with Crippen LogP contribution < -0.4 is 15.4 Å². The molecule has 7 nitrogen and oxygen atoms in total. The second-order valence-corrected chi connectivity index (χ2v) is 9.27. The first-order chi connectivity index (χ1) is 17.4. The number of nitrogens with one attached hydrogen (secondary N) is 2. The fraction of sp³-hybridized carbons (Fsp3) is 0.250. The number of anilines is 3. The zero-order valence-electron chi connectivity index (χ0n) is 20.7. The first-order valence-electron chi connectivity index (χ1n) is 11.8. The third-order valence-electron chi connectivity index (χ3n) is 5.74. The minimum Gasteiger partial charge on any atom is -0.487 e. The van der Waals surface area contributed by atoms with Crippen LogP contribution in [0.25, 0.3) is 10.9 Å². The number of nitrogens with zero attached hydrogens (tertiary/aromatic N) is 3. The van der Waals surface area contributed by atoms with E-state index in [0.717, 1.165) is 52.2 Å². The Morgan fingerprint density at radius 3 is 2.67 bits per heavy atom. The molecule has 0 fully saturated rings. The zero-order chi connectivity index (χ0) is 25.5. The van der Waals surface area contributed by atoms with Crippen molar-refractivity contribution in [3.8, 4) is 5.75 Å². The lowest BCUT2D eigenvalue weighted by molar-refractivity contribution is -0.116. The van der Waals surface area contributed by atoms with E-state index in [-0.39, 0.29) is 5.91 Å². The molecule has 36 heavy (non-hydrogen) atoms. The molecule has 0 bridgehead atoms. The Hall–Kier alpha value is -3.68. The molecule has 0 radical (unpaired) electrons. The van der Waals surface area contributed by atoms with E-state index >= 15 is 0 Å². The highest BCUT2D eigenvalue weighted by Crippen LogP contribution is 2.33. The molecule has 0 aliphatic carbocycles. The quantitative estimate of drug-likeness (QED) is 0.268. The number of hydrogen-bond acceptors (Lipinski definition) is 6. The van der Waals surface area contributed by atoms with Gasteiger partial charge in [-0.3, -0.25) is 14.8 Å². The van der Waals surface area contributed by atoms with Crippen LogP contribution in [0.5, 0.6) is 5.75 Å². The number of aryl methyl sites for hydroxylation is 1. The molecule has 2 aromatic heterocycles. The topological polar surface area (TPSA) is 79.4 Å². The second-order valence-electron chi connectivity index (χ2n) is 8.87. The highest BCUT2D eigenvalue weighted by atomic mass is 35.5. The highest BCUT2D eigenvalue weighted by molar-refractivity contribution is 6.33. The third kappa shape index (κ3) is 6.71. The molecule has 0 aliphatic heterocycles. The molecule has 4 aromatic rings. The van der Waals surface area contributed by atoms with Crippen molar-refractivity contribution in [2.45, 2.75) is 26.4 Å². The van der Waals surface area contributed by atoms with Gasteiger partial charge < -0.3 is 20.3 Å². The fourth-order valence-corrected chi connectivity index (χ4v) is 3.98. The van der Waals surface area contributed by atoms with E-state index in [1.807, 2.05) is 69.6 Å². The maximum atomic E-state index is 12.4. The van der Waals surface area contributed by atoms with E-state index in [1.54, 1.807) is 18.5 Å². The average Bonchev–Trinajstić information content (AvgIpc) is 2.85. The molecule has 8 heteroatoms. The molecule has 0 spiro atoms. The van der Waals surface area contributed by atoms with Gasteiger partial charge in [-0.2, -0.15) is 0 Å². The van der Waals surface area contributed by atoms with E-state index < -0.39 is 0 Å². The van der Waals surface area contributed by atoms with Gasteiger partial charge in [0.15, 0.2) is 0 Å². The molecule has 0 saturated heterocycles.